The summed E-state index contributed by atoms with van der Waals surface area (Å²) in [5.74, 6) is -0.120. The van der Waals surface area contributed by atoms with Crippen molar-refractivity contribution >= 4 is 23.2 Å². The summed E-state index contributed by atoms with van der Waals surface area (Å²) in [6.45, 7) is 2.40. The average molecular weight is 353 g/mol. The first kappa shape index (κ1) is 17.9. The van der Waals surface area contributed by atoms with Crippen molar-refractivity contribution in [3.63, 3.8) is 0 Å². The molecule has 136 valence electrons. The molecule has 26 heavy (non-hydrogen) atoms. The molecule has 0 radical (unpaired) electrons. The molecule has 0 bridgehead atoms. The Balaban J connectivity index is 1.66. The quantitative estimate of drug-likeness (QED) is 0.895. The molecule has 0 unspecified atom stereocenters. The topological polar surface area (TPSA) is 61.9 Å². The van der Waals surface area contributed by atoms with Crippen molar-refractivity contribution in [3.8, 4) is 0 Å². The van der Waals surface area contributed by atoms with Crippen molar-refractivity contribution in [3.05, 3.63) is 60.2 Å². The molecule has 0 spiro atoms. The maximum atomic E-state index is 12.8. The Labute approximate surface area is 153 Å². The highest BCUT2D eigenvalue weighted by Crippen LogP contribution is 2.18. The fourth-order valence-electron chi connectivity index (χ4n) is 2.85. The lowest BCUT2D eigenvalue weighted by atomic mass is 10.1. The van der Waals surface area contributed by atoms with Crippen LogP contribution in [0, 0.1) is 0 Å². The molecule has 0 saturated carbocycles. The Bertz CT molecular complexity index is 758. The normalized spacial score (nSPS) is 14.0. The SMILES string of the molecule is CN(C(=O)CNc1ccccc1C(=O)N1CCOCC1)c1ccccc1. The van der Waals surface area contributed by atoms with Crippen molar-refractivity contribution in [2.24, 2.45) is 0 Å². The highest BCUT2D eigenvalue weighted by Gasteiger charge is 2.21. The average Bonchev–Trinajstić information content (AvgIpc) is 2.72. The van der Waals surface area contributed by atoms with Crippen molar-refractivity contribution in [2.75, 3.05) is 50.1 Å². The molecule has 2 aromatic carbocycles. The number of benzene rings is 2. The minimum absolute atomic E-state index is 0.0414. The van der Waals surface area contributed by atoms with Gasteiger partial charge in [-0.2, -0.15) is 0 Å². The molecule has 1 aliphatic rings. The van der Waals surface area contributed by atoms with Crippen LogP contribution >= 0.6 is 0 Å². The molecule has 1 N–H and O–H groups in total. The maximum Gasteiger partial charge on any atom is 0.256 e. The predicted octanol–water partition coefficient (Wildman–Crippen LogP) is 2.23. The first-order chi connectivity index (χ1) is 12.7. The minimum atomic E-state index is -0.0789. The lowest BCUT2D eigenvalue weighted by Crippen LogP contribution is -2.41. The van der Waals surface area contributed by atoms with Crippen LogP contribution in [-0.4, -0.2) is 56.6 Å². The van der Waals surface area contributed by atoms with Crippen molar-refractivity contribution in [2.45, 2.75) is 0 Å². The largest absolute Gasteiger partial charge is 0.378 e. The van der Waals surface area contributed by atoms with E-state index in [0.29, 0.717) is 37.6 Å². The Morgan fingerprint density at radius 2 is 1.69 bits per heavy atom. The maximum absolute atomic E-state index is 12.8. The van der Waals surface area contributed by atoms with E-state index in [1.165, 1.54) is 0 Å². The molecule has 0 aliphatic carbocycles. The lowest BCUT2D eigenvalue weighted by Gasteiger charge is -2.27. The van der Waals surface area contributed by atoms with Crippen LogP contribution in [0.4, 0.5) is 11.4 Å². The Morgan fingerprint density at radius 3 is 2.42 bits per heavy atom. The van der Waals surface area contributed by atoms with Crippen LogP contribution in [0.2, 0.25) is 0 Å². The number of para-hydroxylation sites is 2. The second-order valence-electron chi connectivity index (χ2n) is 6.09. The monoisotopic (exact) mass is 353 g/mol. The third-order valence-electron chi connectivity index (χ3n) is 4.40. The molecule has 2 amide bonds. The molecule has 6 nitrogen and oxygen atoms in total. The summed E-state index contributed by atoms with van der Waals surface area (Å²) >= 11 is 0. The van der Waals surface area contributed by atoms with E-state index in [9.17, 15) is 9.59 Å². The molecule has 1 fully saturated rings. The van der Waals surface area contributed by atoms with E-state index in [-0.39, 0.29) is 18.4 Å². The van der Waals surface area contributed by atoms with Gasteiger partial charge < -0.3 is 19.9 Å². The zero-order valence-electron chi connectivity index (χ0n) is 14.9. The molecule has 2 aromatic rings. The van der Waals surface area contributed by atoms with Crippen molar-refractivity contribution in [1.82, 2.24) is 4.90 Å². The van der Waals surface area contributed by atoms with Gasteiger partial charge in [0.15, 0.2) is 0 Å². The van der Waals surface area contributed by atoms with Crippen molar-refractivity contribution < 1.29 is 14.3 Å². The molecule has 6 heteroatoms. The Kier molecular flexibility index (Phi) is 5.86. The molecule has 1 aliphatic heterocycles. The summed E-state index contributed by atoms with van der Waals surface area (Å²) in [4.78, 5) is 28.6. The van der Waals surface area contributed by atoms with Gasteiger partial charge in [-0.25, -0.2) is 0 Å². The summed E-state index contributed by atoms with van der Waals surface area (Å²) in [7, 11) is 1.74. The number of hydrogen-bond acceptors (Lipinski definition) is 4. The van der Waals surface area contributed by atoms with E-state index in [2.05, 4.69) is 5.32 Å². The fourth-order valence-corrected chi connectivity index (χ4v) is 2.85. The van der Waals surface area contributed by atoms with Crippen LogP contribution in [0.25, 0.3) is 0 Å². The second-order valence-corrected chi connectivity index (χ2v) is 6.09. The van der Waals surface area contributed by atoms with Gasteiger partial charge in [-0.05, 0) is 24.3 Å². The van der Waals surface area contributed by atoms with Gasteiger partial charge in [0.2, 0.25) is 5.91 Å². The standard InChI is InChI=1S/C20H23N3O3/c1-22(16-7-3-2-4-8-16)19(24)15-21-18-10-6-5-9-17(18)20(25)23-11-13-26-14-12-23/h2-10,21H,11-15H2,1H3. The molecule has 1 heterocycles. The van der Waals surface area contributed by atoms with Crippen molar-refractivity contribution in [1.29, 1.82) is 0 Å². The van der Waals surface area contributed by atoms with Gasteiger partial charge in [-0.15, -0.1) is 0 Å². The van der Waals surface area contributed by atoms with E-state index in [1.54, 1.807) is 22.9 Å². The van der Waals surface area contributed by atoms with Crippen LogP contribution < -0.4 is 10.2 Å². The van der Waals surface area contributed by atoms with Crippen LogP contribution in [-0.2, 0) is 9.53 Å². The van der Waals surface area contributed by atoms with E-state index in [4.69, 9.17) is 4.74 Å². The summed E-state index contributed by atoms with van der Waals surface area (Å²) in [5, 5.41) is 3.11. The number of hydrogen-bond donors (Lipinski definition) is 1. The number of amides is 2. The van der Waals surface area contributed by atoms with Gasteiger partial charge in [0.1, 0.15) is 0 Å². The molecular formula is C20H23N3O3. The summed E-state index contributed by atoms with van der Waals surface area (Å²) in [6.07, 6.45) is 0. The van der Waals surface area contributed by atoms with E-state index in [1.807, 2.05) is 48.5 Å². The molecule has 3 rings (SSSR count). The second kappa shape index (κ2) is 8.49. The van der Waals surface area contributed by atoms with Crippen LogP contribution in [0.3, 0.4) is 0 Å². The number of carbonyl (C=O) groups is 2. The van der Waals surface area contributed by atoms with Gasteiger partial charge in [-0.3, -0.25) is 9.59 Å². The number of morpholine rings is 1. The number of carbonyl (C=O) groups excluding carboxylic acids is 2. The zero-order valence-corrected chi connectivity index (χ0v) is 14.9. The third-order valence-corrected chi connectivity index (χ3v) is 4.40. The first-order valence-electron chi connectivity index (χ1n) is 8.68. The predicted molar refractivity (Wildman–Crippen MR) is 102 cm³/mol. The minimum Gasteiger partial charge on any atom is -0.378 e. The highest BCUT2D eigenvalue weighted by atomic mass is 16.5. The lowest BCUT2D eigenvalue weighted by molar-refractivity contribution is -0.116. The first-order valence-corrected chi connectivity index (χ1v) is 8.68. The van der Waals surface area contributed by atoms with Gasteiger partial charge >= 0.3 is 0 Å². The van der Waals surface area contributed by atoms with Gasteiger partial charge in [0.05, 0.1) is 25.3 Å². The zero-order chi connectivity index (χ0) is 18.4. The number of ether oxygens (including phenoxy) is 1. The molecule has 1 saturated heterocycles. The third kappa shape index (κ3) is 4.21. The summed E-state index contributed by atoms with van der Waals surface area (Å²) < 4.78 is 5.30. The summed E-state index contributed by atoms with van der Waals surface area (Å²) in [5.41, 5.74) is 2.07. The highest BCUT2D eigenvalue weighted by molar-refractivity contribution is 6.01. The number of nitrogens with zero attached hydrogens (tertiary/aromatic N) is 2. The molecule has 0 atom stereocenters. The Hall–Kier alpha value is -2.86. The number of rotatable bonds is 5. The summed E-state index contributed by atoms with van der Waals surface area (Å²) in [6, 6.07) is 16.7. The van der Waals surface area contributed by atoms with Crippen LogP contribution in [0.1, 0.15) is 10.4 Å². The van der Waals surface area contributed by atoms with E-state index >= 15 is 0 Å². The van der Waals surface area contributed by atoms with Gasteiger partial charge in [0.25, 0.3) is 5.91 Å². The van der Waals surface area contributed by atoms with E-state index < -0.39 is 0 Å². The fraction of sp³-hybridized carbons (Fsp3) is 0.300. The van der Waals surface area contributed by atoms with Gasteiger partial charge in [0, 0.05) is 31.5 Å². The van der Waals surface area contributed by atoms with Crippen LogP contribution in [0.15, 0.2) is 54.6 Å². The number of anilines is 2. The molecule has 0 aromatic heterocycles. The number of nitrogens with one attached hydrogen (secondary N) is 1. The number of likely N-dealkylation sites (N-methyl/N-ethyl adjacent to an activating group) is 1. The smallest absolute Gasteiger partial charge is 0.256 e. The van der Waals surface area contributed by atoms with Gasteiger partial charge in [-0.1, -0.05) is 30.3 Å². The molecular weight excluding hydrogens is 330 g/mol. The van der Waals surface area contributed by atoms with Crippen LogP contribution in [0.5, 0.6) is 0 Å². The Morgan fingerprint density at radius 1 is 1.04 bits per heavy atom. The van der Waals surface area contributed by atoms with E-state index in [0.717, 1.165) is 5.69 Å².